The summed E-state index contributed by atoms with van der Waals surface area (Å²) in [6.07, 6.45) is -1.49. The SMILES string of the molecule is O=C=O.O=P(O)(O)COC[C@H]1O[C@@H](n2cnc3c(N4CCC(O)CC4)ncnc32)[C@H](O)[C@@H]1O. The van der Waals surface area contributed by atoms with Gasteiger partial charge in [-0.2, -0.15) is 9.59 Å². The number of piperidine rings is 1. The van der Waals surface area contributed by atoms with Crippen LogP contribution in [0, 0.1) is 0 Å². The van der Waals surface area contributed by atoms with Crippen molar-refractivity contribution in [2.75, 3.05) is 30.9 Å². The first-order valence-corrected chi connectivity index (χ1v) is 11.7. The van der Waals surface area contributed by atoms with Gasteiger partial charge in [0.1, 0.15) is 31.0 Å². The maximum Gasteiger partial charge on any atom is 0.373 e. The van der Waals surface area contributed by atoms with Crippen LogP contribution in [0.25, 0.3) is 11.2 Å². The van der Waals surface area contributed by atoms with Gasteiger partial charge in [0.25, 0.3) is 0 Å². The molecule has 0 spiro atoms. The Morgan fingerprint density at radius 1 is 1.12 bits per heavy atom. The molecule has 2 aliphatic rings. The largest absolute Gasteiger partial charge is 0.393 e. The smallest absolute Gasteiger partial charge is 0.373 e. The minimum Gasteiger partial charge on any atom is -0.393 e. The Morgan fingerprint density at radius 3 is 2.42 bits per heavy atom. The fourth-order valence-electron chi connectivity index (χ4n) is 3.72. The number of ether oxygens (including phenoxy) is 2. The first-order chi connectivity index (χ1) is 15.7. The zero-order chi connectivity index (χ0) is 24.2. The molecule has 33 heavy (non-hydrogen) atoms. The Bertz CT molecular complexity index is 1020. The minimum absolute atomic E-state index is 0.250. The summed E-state index contributed by atoms with van der Waals surface area (Å²) in [4.78, 5) is 48.9. The number of hydrogen-bond donors (Lipinski definition) is 5. The zero-order valence-corrected chi connectivity index (χ0v) is 18.1. The summed E-state index contributed by atoms with van der Waals surface area (Å²) < 4.78 is 23.0. The van der Waals surface area contributed by atoms with E-state index in [0.717, 1.165) is 0 Å². The van der Waals surface area contributed by atoms with Crippen LogP contribution in [0.4, 0.5) is 5.82 Å². The molecule has 16 heteroatoms. The van der Waals surface area contributed by atoms with Gasteiger partial charge in [0, 0.05) is 13.1 Å². The quantitative estimate of drug-likeness (QED) is 0.277. The van der Waals surface area contributed by atoms with Gasteiger partial charge in [0.15, 0.2) is 23.2 Å². The van der Waals surface area contributed by atoms with Crippen molar-refractivity contribution in [3.8, 4) is 0 Å². The Balaban J connectivity index is 0.000000968. The number of fused-ring (bicyclic) bond motifs is 1. The Morgan fingerprint density at radius 2 is 1.79 bits per heavy atom. The van der Waals surface area contributed by atoms with Gasteiger partial charge >= 0.3 is 13.7 Å². The van der Waals surface area contributed by atoms with Crippen LogP contribution in [0.3, 0.4) is 0 Å². The monoisotopic (exact) mass is 489 g/mol. The first-order valence-electron chi connectivity index (χ1n) is 9.90. The molecular formula is C17H24N5O10P. The highest BCUT2D eigenvalue weighted by Gasteiger charge is 2.44. The third-order valence-electron chi connectivity index (χ3n) is 5.26. The molecule has 2 aliphatic heterocycles. The molecule has 0 radical (unpaired) electrons. The van der Waals surface area contributed by atoms with Crippen molar-refractivity contribution in [3.05, 3.63) is 12.7 Å². The number of imidazole rings is 1. The molecule has 0 unspecified atom stereocenters. The van der Waals surface area contributed by atoms with E-state index in [4.69, 9.17) is 28.8 Å². The third-order valence-corrected chi connectivity index (χ3v) is 5.78. The number of carbonyl (C=O) groups excluding carboxylic acids is 2. The fraction of sp³-hybridized carbons (Fsp3) is 0.647. The Labute approximate surface area is 186 Å². The van der Waals surface area contributed by atoms with Crippen molar-refractivity contribution in [1.82, 2.24) is 19.5 Å². The fourth-order valence-corrected chi connectivity index (χ4v) is 4.06. The van der Waals surface area contributed by atoms with Crippen LogP contribution >= 0.6 is 7.60 Å². The van der Waals surface area contributed by atoms with Crippen LogP contribution in [-0.4, -0.2) is 101 Å². The van der Waals surface area contributed by atoms with E-state index in [1.54, 1.807) is 0 Å². The Kier molecular flexibility index (Phi) is 8.23. The van der Waals surface area contributed by atoms with E-state index in [1.165, 1.54) is 17.2 Å². The van der Waals surface area contributed by atoms with Gasteiger partial charge in [0.2, 0.25) is 0 Å². The van der Waals surface area contributed by atoms with E-state index in [0.29, 0.717) is 42.9 Å². The number of rotatable bonds is 6. The van der Waals surface area contributed by atoms with Crippen LogP contribution in [0.1, 0.15) is 19.1 Å². The van der Waals surface area contributed by atoms with E-state index >= 15 is 0 Å². The molecule has 0 aliphatic carbocycles. The molecule has 4 rings (SSSR count). The highest BCUT2D eigenvalue weighted by Crippen LogP contribution is 2.36. The van der Waals surface area contributed by atoms with Gasteiger partial charge in [-0.25, -0.2) is 15.0 Å². The molecule has 2 aromatic rings. The van der Waals surface area contributed by atoms with Gasteiger partial charge in [0.05, 0.1) is 19.0 Å². The van der Waals surface area contributed by atoms with Gasteiger partial charge < -0.3 is 39.5 Å². The lowest BCUT2D eigenvalue weighted by Gasteiger charge is -2.30. The summed E-state index contributed by atoms with van der Waals surface area (Å²) in [7, 11) is -4.35. The van der Waals surface area contributed by atoms with Gasteiger partial charge in [-0.1, -0.05) is 0 Å². The van der Waals surface area contributed by atoms with Crippen LogP contribution in [0.5, 0.6) is 0 Å². The normalized spacial score (nSPS) is 26.2. The van der Waals surface area contributed by atoms with Crippen LogP contribution in [0.15, 0.2) is 12.7 Å². The summed E-state index contributed by atoms with van der Waals surface area (Å²) in [6, 6.07) is 0. The van der Waals surface area contributed by atoms with Crippen molar-refractivity contribution >= 4 is 30.7 Å². The molecule has 2 fully saturated rings. The molecule has 0 aromatic carbocycles. The number of anilines is 1. The molecule has 0 amide bonds. The molecule has 2 aromatic heterocycles. The molecule has 2 saturated heterocycles. The summed E-state index contributed by atoms with van der Waals surface area (Å²) >= 11 is 0. The predicted molar refractivity (Wildman–Crippen MR) is 107 cm³/mol. The standard InChI is InChI=1S/C16H24N5O8P.CO2/c22-9-1-3-20(4-2-9)14-11-15(18-6-17-14)21(7-19-11)16-13(24)12(23)10(29-16)5-28-8-30(25,26)27;2-1-3/h6-7,9-10,12-13,16,22-24H,1-5,8H2,(H2,25,26,27);/t10-,12-,13-,16-;/m1./s1. The van der Waals surface area contributed by atoms with E-state index in [-0.39, 0.29) is 18.9 Å². The lowest BCUT2D eigenvalue weighted by atomic mass is 10.1. The number of aliphatic hydroxyl groups is 3. The Hall–Kier alpha value is -2.32. The molecule has 4 atom stereocenters. The highest BCUT2D eigenvalue weighted by atomic mass is 31.2. The van der Waals surface area contributed by atoms with Gasteiger partial charge in [-0.15, -0.1) is 0 Å². The minimum atomic E-state index is -4.35. The average Bonchev–Trinajstić information content (AvgIpc) is 3.30. The number of aromatic nitrogens is 4. The van der Waals surface area contributed by atoms with E-state index < -0.39 is 38.5 Å². The summed E-state index contributed by atoms with van der Waals surface area (Å²) in [5, 5.41) is 30.4. The second-order valence-corrected chi connectivity index (χ2v) is 9.12. The van der Waals surface area contributed by atoms with Gasteiger partial charge in [-0.3, -0.25) is 9.13 Å². The second-order valence-electron chi connectivity index (χ2n) is 7.53. The molecule has 5 N–H and O–H groups in total. The summed E-state index contributed by atoms with van der Waals surface area (Å²) in [5.41, 5.74) is 0.902. The average molecular weight is 489 g/mol. The van der Waals surface area contributed by atoms with Crippen molar-refractivity contribution < 1.29 is 48.7 Å². The van der Waals surface area contributed by atoms with Crippen LogP contribution < -0.4 is 4.90 Å². The molecule has 15 nitrogen and oxygen atoms in total. The summed E-state index contributed by atoms with van der Waals surface area (Å²) in [5.74, 6) is 0.611. The van der Waals surface area contributed by atoms with Crippen molar-refractivity contribution in [2.45, 2.75) is 43.5 Å². The lowest BCUT2D eigenvalue weighted by Crippen LogP contribution is -2.36. The van der Waals surface area contributed by atoms with Crippen LogP contribution in [0.2, 0.25) is 0 Å². The number of hydrogen-bond acceptors (Lipinski definition) is 12. The molecule has 0 bridgehead atoms. The number of nitrogens with zero attached hydrogens (tertiary/aromatic N) is 5. The first kappa shape index (κ1) is 25.3. The number of aliphatic hydroxyl groups excluding tert-OH is 3. The van der Waals surface area contributed by atoms with Crippen molar-refractivity contribution in [2.24, 2.45) is 0 Å². The second kappa shape index (κ2) is 10.7. The van der Waals surface area contributed by atoms with Crippen LogP contribution in [-0.2, 0) is 23.6 Å². The maximum atomic E-state index is 10.9. The topological polar surface area (TPSA) is 218 Å². The highest BCUT2D eigenvalue weighted by molar-refractivity contribution is 7.51. The zero-order valence-electron chi connectivity index (χ0n) is 17.2. The van der Waals surface area contributed by atoms with Crippen molar-refractivity contribution in [3.63, 3.8) is 0 Å². The van der Waals surface area contributed by atoms with Gasteiger partial charge in [-0.05, 0) is 12.8 Å². The maximum absolute atomic E-state index is 10.9. The molecule has 4 heterocycles. The van der Waals surface area contributed by atoms with E-state index in [1.807, 2.05) is 4.90 Å². The van der Waals surface area contributed by atoms with Crippen molar-refractivity contribution in [1.29, 1.82) is 0 Å². The molecule has 0 saturated carbocycles. The third kappa shape index (κ3) is 5.98. The van der Waals surface area contributed by atoms with E-state index in [2.05, 4.69) is 15.0 Å². The summed E-state index contributed by atoms with van der Waals surface area (Å²) in [6.45, 7) is 0.948. The predicted octanol–water partition coefficient (Wildman–Crippen LogP) is -2.03. The van der Waals surface area contributed by atoms with E-state index in [9.17, 15) is 19.9 Å². The molecular weight excluding hydrogens is 465 g/mol. The lowest BCUT2D eigenvalue weighted by molar-refractivity contribution is -0.191. The molecule has 182 valence electrons.